The predicted octanol–water partition coefficient (Wildman–Crippen LogP) is 2.63. The quantitative estimate of drug-likeness (QED) is 0.858. The Hall–Kier alpha value is -2.21. The van der Waals surface area contributed by atoms with Gasteiger partial charge in [0.05, 0.1) is 12.6 Å². The van der Waals surface area contributed by atoms with E-state index in [2.05, 4.69) is 14.8 Å². The van der Waals surface area contributed by atoms with Gasteiger partial charge in [0.2, 0.25) is 0 Å². The molecular weight excluding hydrogens is 316 g/mol. The van der Waals surface area contributed by atoms with E-state index in [9.17, 15) is 4.79 Å². The molecule has 2 aromatic rings. The average Bonchev–Trinajstić information content (AvgIpc) is 3.29. The maximum Gasteiger partial charge on any atom is 0.256 e. The summed E-state index contributed by atoms with van der Waals surface area (Å²) in [5.74, 6) is 1.79. The molecule has 2 heterocycles. The number of benzene rings is 1. The van der Waals surface area contributed by atoms with Gasteiger partial charge >= 0.3 is 0 Å². The first kappa shape index (κ1) is 16.3. The molecule has 1 aromatic heterocycles. The van der Waals surface area contributed by atoms with E-state index in [1.807, 2.05) is 42.2 Å². The number of fused-ring (bicyclic) bond motifs is 1. The average molecular weight is 340 g/mol. The van der Waals surface area contributed by atoms with Crippen molar-refractivity contribution in [2.24, 2.45) is 0 Å². The standard InChI is InChI=1S/C19H24N4O2/c1-14-20-21-17-13-22(11-12-23(14)17)19(24)18(15-7-3-2-4-8-15)25-16-9-5-6-10-16/h2-4,7-8,16,18H,5-6,9-13H2,1H3/t18-/m0/s1. The summed E-state index contributed by atoms with van der Waals surface area (Å²) in [5.41, 5.74) is 0.933. The Balaban J connectivity index is 1.55. The van der Waals surface area contributed by atoms with Crippen molar-refractivity contribution < 1.29 is 9.53 Å². The zero-order chi connectivity index (χ0) is 17.2. The minimum atomic E-state index is -0.528. The molecule has 2 aliphatic rings. The van der Waals surface area contributed by atoms with E-state index in [4.69, 9.17) is 4.74 Å². The monoisotopic (exact) mass is 340 g/mol. The summed E-state index contributed by atoms with van der Waals surface area (Å²) < 4.78 is 8.35. The van der Waals surface area contributed by atoms with Crippen LogP contribution in [0, 0.1) is 6.92 Å². The van der Waals surface area contributed by atoms with Crippen molar-refractivity contribution in [1.82, 2.24) is 19.7 Å². The molecule has 132 valence electrons. The van der Waals surface area contributed by atoms with Crippen LogP contribution in [0.15, 0.2) is 30.3 Å². The van der Waals surface area contributed by atoms with Crippen LogP contribution in [0.5, 0.6) is 0 Å². The fraction of sp³-hybridized carbons (Fsp3) is 0.526. The maximum absolute atomic E-state index is 13.2. The number of nitrogens with zero attached hydrogens (tertiary/aromatic N) is 4. The second-order valence-corrected chi connectivity index (χ2v) is 6.91. The lowest BCUT2D eigenvalue weighted by molar-refractivity contribution is -0.149. The van der Waals surface area contributed by atoms with Gasteiger partial charge in [-0.05, 0) is 25.3 Å². The predicted molar refractivity (Wildman–Crippen MR) is 92.7 cm³/mol. The van der Waals surface area contributed by atoms with Crippen molar-refractivity contribution in [1.29, 1.82) is 0 Å². The highest BCUT2D eigenvalue weighted by Crippen LogP contribution is 2.30. The highest BCUT2D eigenvalue weighted by molar-refractivity contribution is 5.82. The minimum Gasteiger partial charge on any atom is -0.360 e. The number of aromatic nitrogens is 3. The first-order valence-corrected chi connectivity index (χ1v) is 9.10. The topological polar surface area (TPSA) is 60.2 Å². The fourth-order valence-electron chi connectivity index (χ4n) is 3.78. The van der Waals surface area contributed by atoms with Crippen LogP contribution in [0.1, 0.15) is 49.0 Å². The van der Waals surface area contributed by atoms with Gasteiger partial charge in [-0.1, -0.05) is 43.2 Å². The lowest BCUT2D eigenvalue weighted by atomic mass is 10.1. The van der Waals surface area contributed by atoms with Crippen LogP contribution in [0.25, 0.3) is 0 Å². The SMILES string of the molecule is Cc1nnc2n1CCN(C(=O)[C@@H](OC1CCCC1)c1ccccc1)C2. The molecule has 6 heteroatoms. The summed E-state index contributed by atoms with van der Waals surface area (Å²) in [7, 11) is 0. The van der Waals surface area contributed by atoms with Crippen LogP contribution in [-0.2, 0) is 22.6 Å². The Morgan fingerprint density at radius 3 is 2.68 bits per heavy atom. The number of aryl methyl sites for hydroxylation is 1. The molecule has 25 heavy (non-hydrogen) atoms. The minimum absolute atomic E-state index is 0.0324. The third-order valence-corrected chi connectivity index (χ3v) is 5.21. The van der Waals surface area contributed by atoms with E-state index in [1.165, 1.54) is 12.8 Å². The van der Waals surface area contributed by atoms with Crippen LogP contribution in [-0.4, -0.2) is 38.2 Å². The summed E-state index contributed by atoms with van der Waals surface area (Å²) >= 11 is 0. The molecule has 0 bridgehead atoms. The van der Waals surface area contributed by atoms with Gasteiger partial charge in [0, 0.05) is 13.1 Å². The smallest absolute Gasteiger partial charge is 0.256 e. The van der Waals surface area contributed by atoms with E-state index in [-0.39, 0.29) is 12.0 Å². The Kier molecular flexibility index (Phi) is 4.53. The molecular formula is C19H24N4O2. The van der Waals surface area contributed by atoms with Gasteiger partial charge in [-0.15, -0.1) is 10.2 Å². The van der Waals surface area contributed by atoms with Crippen LogP contribution >= 0.6 is 0 Å². The number of hydrogen-bond donors (Lipinski definition) is 0. The summed E-state index contributed by atoms with van der Waals surface area (Å²) in [4.78, 5) is 15.1. The molecule has 1 fully saturated rings. The second-order valence-electron chi connectivity index (χ2n) is 6.91. The molecule has 1 saturated carbocycles. The number of hydrogen-bond acceptors (Lipinski definition) is 4. The number of ether oxygens (including phenoxy) is 1. The van der Waals surface area contributed by atoms with E-state index in [1.54, 1.807) is 0 Å². The van der Waals surface area contributed by atoms with Gasteiger partial charge in [-0.25, -0.2) is 0 Å². The maximum atomic E-state index is 13.2. The molecule has 0 spiro atoms. The van der Waals surface area contributed by atoms with Crippen LogP contribution in [0.3, 0.4) is 0 Å². The van der Waals surface area contributed by atoms with Crippen molar-refractivity contribution in [3.63, 3.8) is 0 Å². The van der Waals surface area contributed by atoms with Crippen molar-refractivity contribution >= 4 is 5.91 Å². The number of carbonyl (C=O) groups is 1. The van der Waals surface area contributed by atoms with Gasteiger partial charge in [-0.3, -0.25) is 4.79 Å². The van der Waals surface area contributed by atoms with E-state index < -0.39 is 6.10 Å². The molecule has 1 aromatic carbocycles. The molecule has 0 unspecified atom stereocenters. The third kappa shape index (κ3) is 3.31. The van der Waals surface area contributed by atoms with Crippen molar-refractivity contribution in [3.8, 4) is 0 Å². The second kappa shape index (κ2) is 6.96. The fourth-order valence-corrected chi connectivity index (χ4v) is 3.78. The van der Waals surface area contributed by atoms with Crippen molar-refractivity contribution in [3.05, 3.63) is 47.5 Å². The molecule has 1 aliphatic heterocycles. The van der Waals surface area contributed by atoms with Gasteiger partial charge < -0.3 is 14.2 Å². The van der Waals surface area contributed by atoms with E-state index in [0.29, 0.717) is 13.1 Å². The van der Waals surface area contributed by atoms with Crippen molar-refractivity contribution in [2.75, 3.05) is 6.54 Å². The summed E-state index contributed by atoms with van der Waals surface area (Å²) in [6.45, 7) is 3.86. The number of rotatable bonds is 4. The Labute approximate surface area is 147 Å². The van der Waals surface area contributed by atoms with Crippen LogP contribution in [0.4, 0.5) is 0 Å². The van der Waals surface area contributed by atoms with Gasteiger partial charge in [-0.2, -0.15) is 0 Å². The summed E-state index contributed by atoms with van der Waals surface area (Å²) in [5, 5.41) is 8.32. The molecule has 1 atom stereocenters. The normalized spacial score (nSPS) is 19.0. The van der Waals surface area contributed by atoms with Gasteiger partial charge in [0.15, 0.2) is 11.9 Å². The number of carbonyl (C=O) groups excluding carboxylic acids is 1. The molecule has 1 aliphatic carbocycles. The van der Waals surface area contributed by atoms with Gasteiger partial charge in [0.25, 0.3) is 5.91 Å². The lowest BCUT2D eigenvalue weighted by Gasteiger charge is -2.32. The largest absolute Gasteiger partial charge is 0.360 e. The molecule has 0 saturated heterocycles. The Morgan fingerprint density at radius 2 is 1.92 bits per heavy atom. The first-order valence-electron chi connectivity index (χ1n) is 9.10. The van der Waals surface area contributed by atoms with E-state index in [0.717, 1.165) is 36.6 Å². The zero-order valence-electron chi connectivity index (χ0n) is 14.6. The van der Waals surface area contributed by atoms with Crippen LogP contribution < -0.4 is 0 Å². The summed E-state index contributed by atoms with van der Waals surface area (Å²) in [6.07, 6.45) is 4.12. The van der Waals surface area contributed by atoms with Crippen LogP contribution in [0.2, 0.25) is 0 Å². The molecule has 6 nitrogen and oxygen atoms in total. The first-order chi connectivity index (χ1) is 12.2. The Morgan fingerprint density at radius 1 is 1.16 bits per heavy atom. The molecule has 0 radical (unpaired) electrons. The highest BCUT2D eigenvalue weighted by atomic mass is 16.5. The zero-order valence-corrected chi connectivity index (χ0v) is 14.6. The highest BCUT2D eigenvalue weighted by Gasteiger charge is 2.32. The van der Waals surface area contributed by atoms with Crippen molar-refractivity contribution in [2.45, 2.75) is 57.9 Å². The molecule has 1 amide bonds. The molecule has 0 N–H and O–H groups in total. The summed E-state index contributed by atoms with van der Waals surface area (Å²) in [6, 6.07) is 9.85. The van der Waals surface area contributed by atoms with E-state index >= 15 is 0 Å². The molecule has 4 rings (SSSR count). The third-order valence-electron chi connectivity index (χ3n) is 5.21. The lowest BCUT2D eigenvalue weighted by Crippen LogP contribution is -2.42. The number of amides is 1. The Bertz CT molecular complexity index is 737. The van der Waals surface area contributed by atoms with Gasteiger partial charge in [0.1, 0.15) is 5.82 Å².